The monoisotopic (exact) mass is 359 g/mol. The number of anilines is 1. The molecule has 138 valence electrons. The molecule has 0 aliphatic carbocycles. The van der Waals surface area contributed by atoms with Crippen LogP contribution in [0.1, 0.15) is 31.6 Å². The topological polar surface area (TPSA) is 136 Å². The van der Waals surface area contributed by atoms with Crippen LogP contribution >= 0.6 is 0 Å². The fourth-order valence-corrected chi connectivity index (χ4v) is 2.79. The summed E-state index contributed by atoms with van der Waals surface area (Å²) < 4.78 is 1.48. The molecular formula is C17H21N5O4. The minimum absolute atomic E-state index is 0.0926. The summed E-state index contributed by atoms with van der Waals surface area (Å²) in [5, 5.41) is 4.96. The maximum Gasteiger partial charge on any atom is 0.263 e. The van der Waals surface area contributed by atoms with Gasteiger partial charge in [-0.25, -0.2) is 4.98 Å². The zero-order valence-electron chi connectivity index (χ0n) is 14.6. The summed E-state index contributed by atoms with van der Waals surface area (Å²) in [6, 6.07) is 4.67. The molecule has 0 spiro atoms. The number of nitrogens with zero attached hydrogens (tertiary/aromatic N) is 2. The molecule has 1 unspecified atom stereocenters. The van der Waals surface area contributed by atoms with E-state index in [2.05, 4.69) is 15.6 Å². The first kappa shape index (κ1) is 19.3. The minimum atomic E-state index is -0.415. The largest absolute Gasteiger partial charge is 0.324 e. The Labute approximate surface area is 149 Å². The normalized spacial score (nSPS) is 11.8. The zero-order chi connectivity index (χ0) is 19.3. The Morgan fingerprint density at radius 2 is 2.08 bits per heavy atom. The van der Waals surface area contributed by atoms with Gasteiger partial charge in [-0.3, -0.25) is 29.1 Å². The van der Waals surface area contributed by atoms with Gasteiger partial charge in [0.15, 0.2) is 0 Å². The third kappa shape index (κ3) is 4.12. The van der Waals surface area contributed by atoms with Crippen LogP contribution in [0.4, 0.5) is 5.69 Å². The number of hydrogen-bond acceptors (Lipinski definition) is 6. The summed E-state index contributed by atoms with van der Waals surface area (Å²) in [4.78, 5) is 50.9. The lowest BCUT2D eigenvalue weighted by atomic mass is 10.1. The van der Waals surface area contributed by atoms with E-state index in [9.17, 15) is 19.2 Å². The highest BCUT2D eigenvalue weighted by Crippen LogP contribution is 2.21. The molecule has 9 heteroatoms. The molecule has 0 radical (unpaired) electrons. The van der Waals surface area contributed by atoms with E-state index in [0.29, 0.717) is 29.9 Å². The van der Waals surface area contributed by atoms with Gasteiger partial charge in [-0.05, 0) is 32.4 Å². The molecular weight excluding hydrogens is 338 g/mol. The number of aryl methyl sites for hydroxylation is 1. The molecule has 3 amide bonds. The Balaban J connectivity index is 2.45. The van der Waals surface area contributed by atoms with Gasteiger partial charge in [0.2, 0.25) is 18.2 Å². The predicted molar refractivity (Wildman–Crippen MR) is 96.6 cm³/mol. The second kappa shape index (κ2) is 8.34. The first-order valence-corrected chi connectivity index (χ1v) is 8.13. The lowest BCUT2D eigenvalue weighted by molar-refractivity contribution is -0.125. The van der Waals surface area contributed by atoms with Gasteiger partial charge in [-0.1, -0.05) is 6.07 Å². The van der Waals surface area contributed by atoms with E-state index in [1.54, 1.807) is 32.0 Å². The van der Waals surface area contributed by atoms with Crippen LogP contribution in [0.3, 0.4) is 0 Å². The Bertz CT molecular complexity index is 906. The number of nitrogens with one attached hydrogen (secondary N) is 2. The number of rotatable bonds is 7. The maximum absolute atomic E-state index is 13.0. The molecule has 0 bridgehead atoms. The molecule has 2 rings (SSSR count). The summed E-state index contributed by atoms with van der Waals surface area (Å²) in [5.41, 5.74) is 5.81. The Morgan fingerprint density at radius 3 is 2.73 bits per heavy atom. The fourth-order valence-electron chi connectivity index (χ4n) is 2.79. The molecule has 1 aromatic carbocycles. The molecule has 0 saturated heterocycles. The quantitative estimate of drug-likeness (QED) is 0.605. The lowest BCUT2D eigenvalue weighted by Crippen LogP contribution is -2.29. The summed E-state index contributed by atoms with van der Waals surface area (Å²) in [5.74, 6) is -0.335. The molecule has 9 nitrogen and oxygen atoms in total. The minimum Gasteiger partial charge on any atom is -0.324 e. The third-order valence-corrected chi connectivity index (χ3v) is 4.02. The van der Waals surface area contributed by atoms with Crippen LogP contribution in [0.15, 0.2) is 23.0 Å². The van der Waals surface area contributed by atoms with Crippen molar-refractivity contribution in [3.8, 4) is 0 Å². The van der Waals surface area contributed by atoms with Crippen molar-refractivity contribution in [1.29, 1.82) is 0 Å². The summed E-state index contributed by atoms with van der Waals surface area (Å²) in [6.07, 6.45) is 0.773. The standard InChI is InChI=1S/C17H21N5O4/c1-10(6-7-14(24)19-9-23)22-11(2)20-12-4-3-5-13(16(12)17(22)26)21-15(25)8-18/h3-5,9-10H,6-8,18H2,1-2H3,(H,21,25)(H,19,23,24). The smallest absolute Gasteiger partial charge is 0.263 e. The summed E-state index contributed by atoms with van der Waals surface area (Å²) in [7, 11) is 0. The second-order valence-corrected chi connectivity index (χ2v) is 5.86. The van der Waals surface area contributed by atoms with Crippen LogP contribution in [-0.4, -0.2) is 34.3 Å². The van der Waals surface area contributed by atoms with E-state index < -0.39 is 11.8 Å². The molecule has 0 aliphatic heterocycles. The van der Waals surface area contributed by atoms with E-state index in [1.165, 1.54) is 4.57 Å². The van der Waals surface area contributed by atoms with Gasteiger partial charge in [0, 0.05) is 12.5 Å². The van der Waals surface area contributed by atoms with E-state index >= 15 is 0 Å². The van der Waals surface area contributed by atoms with E-state index in [-0.39, 0.29) is 30.0 Å². The highest BCUT2D eigenvalue weighted by atomic mass is 16.2. The van der Waals surface area contributed by atoms with Crippen LogP contribution in [0, 0.1) is 6.92 Å². The van der Waals surface area contributed by atoms with Crippen molar-refractivity contribution >= 4 is 34.8 Å². The van der Waals surface area contributed by atoms with Gasteiger partial charge < -0.3 is 11.1 Å². The van der Waals surface area contributed by atoms with Gasteiger partial charge in [0.05, 0.1) is 23.1 Å². The Morgan fingerprint density at radius 1 is 1.35 bits per heavy atom. The number of amides is 3. The summed E-state index contributed by atoms with van der Waals surface area (Å²) >= 11 is 0. The van der Waals surface area contributed by atoms with E-state index in [4.69, 9.17) is 5.73 Å². The average Bonchev–Trinajstić information content (AvgIpc) is 2.59. The van der Waals surface area contributed by atoms with Crippen molar-refractivity contribution in [2.45, 2.75) is 32.7 Å². The number of benzene rings is 1. The van der Waals surface area contributed by atoms with Crippen molar-refractivity contribution in [1.82, 2.24) is 14.9 Å². The molecule has 1 atom stereocenters. The zero-order valence-corrected chi connectivity index (χ0v) is 14.6. The van der Waals surface area contributed by atoms with E-state index in [1.807, 2.05) is 0 Å². The van der Waals surface area contributed by atoms with Crippen molar-refractivity contribution < 1.29 is 14.4 Å². The number of fused-ring (bicyclic) bond motifs is 1. The van der Waals surface area contributed by atoms with Crippen molar-refractivity contribution in [2.75, 3.05) is 11.9 Å². The van der Waals surface area contributed by atoms with E-state index in [0.717, 1.165) is 0 Å². The fraction of sp³-hybridized carbons (Fsp3) is 0.353. The summed E-state index contributed by atoms with van der Waals surface area (Å²) in [6.45, 7) is 3.29. The van der Waals surface area contributed by atoms with Gasteiger partial charge >= 0.3 is 0 Å². The molecule has 1 aromatic heterocycles. The number of carbonyl (C=O) groups excluding carboxylic acids is 3. The first-order chi connectivity index (χ1) is 12.4. The van der Waals surface area contributed by atoms with Gasteiger partial charge in [0.25, 0.3) is 5.56 Å². The maximum atomic E-state index is 13.0. The van der Waals surface area contributed by atoms with Gasteiger partial charge in [-0.15, -0.1) is 0 Å². The van der Waals surface area contributed by atoms with Crippen LogP contribution in [-0.2, 0) is 14.4 Å². The van der Waals surface area contributed by atoms with Gasteiger partial charge in [0.1, 0.15) is 5.82 Å². The highest BCUT2D eigenvalue weighted by Gasteiger charge is 2.17. The molecule has 2 aromatic rings. The number of hydrogen-bond donors (Lipinski definition) is 3. The van der Waals surface area contributed by atoms with Crippen molar-refractivity contribution in [3.63, 3.8) is 0 Å². The lowest BCUT2D eigenvalue weighted by Gasteiger charge is -2.19. The highest BCUT2D eigenvalue weighted by molar-refractivity contribution is 6.01. The van der Waals surface area contributed by atoms with Crippen LogP contribution < -0.4 is 21.9 Å². The average molecular weight is 359 g/mol. The molecule has 0 saturated carbocycles. The Kier molecular flexibility index (Phi) is 6.18. The van der Waals surface area contributed by atoms with Crippen molar-refractivity contribution in [2.24, 2.45) is 5.73 Å². The van der Waals surface area contributed by atoms with Crippen molar-refractivity contribution in [3.05, 3.63) is 34.4 Å². The molecule has 4 N–H and O–H groups in total. The van der Waals surface area contributed by atoms with Crippen LogP contribution in [0.2, 0.25) is 0 Å². The first-order valence-electron chi connectivity index (χ1n) is 8.13. The molecule has 1 heterocycles. The SMILES string of the molecule is Cc1nc2cccc(NC(=O)CN)c2c(=O)n1C(C)CCC(=O)NC=O. The predicted octanol–water partition coefficient (Wildman–Crippen LogP) is 0.216. The number of aromatic nitrogens is 2. The third-order valence-electron chi connectivity index (χ3n) is 4.02. The van der Waals surface area contributed by atoms with Gasteiger partial charge in [-0.2, -0.15) is 0 Å². The molecule has 26 heavy (non-hydrogen) atoms. The Hall–Kier alpha value is -3.07. The number of carbonyl (C=O) groups is 3. The van der Waals surface area contributed by atoms with Crippen LogP contribution in [0.25, 0.3) is 10.9 Å². The number of imide groups is 1. The number of nitrogens with two attached hydrogens (primary N) is 1. The van der Waals surface area contributed by atoms with Crippen LogP contribution in [0.5, 0.6) is 0 Å². The molecule has 0 fully saturated rings. The molecule has 0 aliphatic rings. The second-order valence-electron chi connectivity index (χ2n) is 5.86.